The molecule has 1 saturated heterocycles. The van der Waals surface area contributed by atoms with Gasteiger partial charge in [-0.25, -0.2) is 4.21 Å². The maximum absolute atomic E-state index is 11.0. The molecule has 46 heavy (non-hydrogen) atoms. The van der Waals surface area contributed by atoms with E-state index in [0.717, 1.165) is 7.11 Å². The van der Waals surface area contributed by atoms with E-state index in [1.165, 1.54) is 26.2 Å². The summed E-state index contributed by atoms with van der Waals surface area (Å²) in [4.78, 5) is 84.4. The van der Waals surface area contributed by atoms with Crippen LogP contribution >= 0.6 is 33.0 Å². The molecule has 0 aromatic rings. The predicted molar refractivity (Wildman–Crippen MR) is 168 cm³/mol. The maximum atomic E-state index is 11.0. The van der Waals surface area contributed by atoms with Crippen LogP contribution in [0.5, 0.6) is 0 Å². The zero-order chi connectivity index (χ0) is 37.1. The second kappa shape index (κ2) is 38.3. The van der Waals surface area contributed by atoms with Crippen molar-refractivity contribution in [1.29, 1.82) is 0 Å². The number of ether oxygens (including phenoxy) is 4. The minimum atomic E-state index is -1.67. The number of hydrogen-bond acceptors (Lipinski definition) is 14. The fourth-order valence-corrected chi connectivity index (χ4v) is 2.41. The number of hydrogen-bond donors (Lipinski definition) is 2. The van der Waals surface area contributed by atoms with Gasteiger partial charge >= 0.3 is 35.8 Å². The van der Waals surface area contributed by atoms with E-state index in [1.54, 1.807) is 14.1 Å². The van der Waals surface area contributed by atoms with Crippen LogP contribution in [-0.2, 0) is 66.5 Å². The molecule has 1 aliphatic rings. The number of rotatable bonds is 12. The minimum absolute atomic E-state index is 0.0229. The van der Waals surface area contributed by atoms with E-state index >= 15 is 0 Å². The third-order valence-corrected chi connectivity index (χ3v) is 4.66. The lowest BCUT2D eigenvalue weighted by molar-refractivity contribution is -0.163. The lowest BCUT2D eigenvalue weighted by Gasteiger charge is -2.08. The molecule has 2 N–H and O–H groups in total. The van der Waals surface area contributed by atoms with Crippen molar-refractivity contribution in [2.75, 3.05) is 42.5 Å². The third-order valence-electron chi connectivity index (χ3n) is 4.47. The molecule has 0 aromatic carbocycles. The molecule has 0 aliphatic carbocycles. The van der Waals surface area contributed by atoms with Crippen LogP contribution in [0.15, 0.2) is 0 Å². The highest BCUT2D eigenvalue weighted by Gasteiger charge is 2.16. The van der Waals surface area contributed by atoms with Crippen molar-refractivity contribution in [3.05, 3.63) is 0 Å². The normalized spacial score (nSPS) is 10.8. The number of methoxy groups -OCH3 is 3. The molecular weight excluding hydrogens is 705 g/mol. The second-order valence-corrected chi connectivity index (χ2v) is 11.2. The Kier molecular flexibility index (Phi) is 43.9. The third kappa shape index (κ3) is 53.7. The number of carbonyl (C=O) groups is 8. The first-order valence-corrected chi connectivity index (χ1v) is 16.3. The monoisotopic (exact) mass is 747 g/mol. The summed E-state index contributed by atoms with van der Waals surface area (Å²) in [6.07, 6.45) is 4.23. The van der Waals surface area contributed by atoms with Crippen LogP contribution in [0, 0.1) is 0 Å². The van der Waals surface area contributed by atoms with Gasteiger partial charge < -0.3 is 34.1 Å². The van der Waals surface area contributed by atoms with E-state index in [4.69, 9.17) is 26.0 Å². The smallest absolute Gasteiger partial charge is 0.313 e. The molecule has 1 rings (SSSR count). The van der Waals surface area contributed by atoms with Crippen molar-refractivity contribution in [1.82, 2.24) is 4.90 Å². The first-order chi connectivity index (χ1) is 21.4. The van der Waals surface area contributed by atoms with E-state index in [-0.39, 0.29) is 61.4 Å². The summed E-state index contributed by atoms with van der Waals surface area (Å²) in [6.45, 7) is 0. The molecular formula is C26H44Cl3NO15S. The Balaban J connectivity index is -0.000000154. The van der Waals surface area contributed by atoms with E-state index in [0.29, 0.717) is 51.4 Å². The van der Waals surface area contributed by atoms with Gasteiger partial charge in [0.25, 0.3) is 0 Å². The molecule has 0 unspecified atom stereocenters. The summed E-state index contributed by atoms with van der Waals surface area (Å²) in [5.41, 5.74) is 0. The molecule has 1 aliphatic heterocycles. The zero-order valence-corrected chi connectivity index (χ0v) is 29.8. The molecule has 0 radical (unpaired) electrons. The Morgan fingerprint density at radius 2 is 1.07 bits per heavy atom. The summed E-state index contributed by atoms with van der Waals surface area (Å²) in [5.74, 6) is -2.55. The summed E-state index contributed by atoms with van der Waals surface area (Å²) >= 11 is 5.01. The Bertz CT molecular complexity index is 884. The van der Waals surface area contributed by atoms with Gasteiger partial charge in [0.2, 0.25) is 20.4 Å². The maximum Gasteiger partial charge on any atom is 0.313 e. The number of esters is 5. The standard InChI is InChI=1S/C8H15NO3.C6H9ClO3.C6H10O4.C5H6O3.CH4O.Cl2OS/c1-9(2)7(10)5-4-6-8(11)12-3;2*1-10-6(9)4-2-3-5(7)8;6-4-2-1-3-5(7)8-4;1-2;1-4(2)3/h4-6H2,1-3H3;2-4H2,1H3;2-4H2,1H3,(H,7,8);1-3H2;2H,1H3;. The number of amides is 1. The number of carbonyl (C=O) groups excluding carboxylic acids is 7. The van der Waals surface area contributed by atoms with Crippen LogP contribution in [0.25, 0.3) is 0 Å². The van der Waals surface area contributed by atoms with Crippen LogP contribution in [-0.4, -0.2) is 109 Å². The largest absolute Gasteiger partial charge is 0.481 e. The average molecular weight is 749 g/mol. The average Bonchev–Trinajstić information content (AvgIpc) is 2.98. The number of carboxylic acids is 1. The first kappa shape index (κ1) is 52.7. The lowest BCUT2D eigenvalue weighted by Crippen LogP contribution is -2.21. The Morgan fingerprint density at radius 3 is 1.30 bits per heavy atom. The van der Waals surface area contributed by atoms with Crippen molar-refractivity contribution in [3.63, 3.8) is 0 Å². The number of cyclic esters (lactones) is 2. The van der Waals surface area contributed by atoms with Gasteiger partial charge in [-0.1, -0.05) is 0 Å². The number of aliphatic hydroxyl groups is 1. The molecule has 270 valence electrons. The van der Waals surface area contributed by atoms with Gasteiger partial charge in [-0.3, -0.25) is 38.4 Å². The van der Waals surface area contributed by atoms with Gasteiger partial charge in [-0.2, -0.15) is 0 Å². The molecule has 0 bridgehead atoms. The molecule has 0 spiro atoms. The number of aliphatic hydroxyl groups excluding tert-OH is 1. The Labute approximate surface area is 284 Å². The summed E-state index contributed by atoms with van der Waals surface area (Å²) < 4.78 is 26.4. The highest BCUT2D eigenvalue weighted by molar-refractivity contribution is 8.26. The number of halogens is 3. The highest BCUT2D eigenvalue weighted by Crippen LogP contribution is 2.06. The molecule has 16 nitrogen and oxygen atoms in total. The van der Waals surface area contributed by atoms with Crippen molar-refractivity contribution in [3.8, 4) is 0 Å². The highest BCUT2D eigenvalue weighted by atomic mass is 36.0. The van der Waals surface area contributed by atoms with E-state index in [2.05, 4.69) is 40.3 Å². The van der Waals surface area contributed by atoms with Crippen LogP contribution in [0.2, 0.25) is 0 Å². The van der Waals surface area contributed by atoms with Gasteiger partial charge in [0.05, 0.1) is 21.3 Å². The van der Waals surface area contributed by atoms with Crippen LogP contribution in [0.1, 0.15) is 77.0 Å². The van der Waals surface area contributed by atoms with Gasteiger partial charge in [0, 0.05) is 93.9 Å². The first-order valence-electron chi connectivity index (χ1n) is 13.2. The van der Waals surface area contributed by atoms with Crippen molar-refractivity contribution < 1.29 is 71.7 Å². The number of nitrogens with zero attached hydrogens (tertiary/aromatic N) is 1. The van der Waals surface area contributed by atoms with Crippen LogP contribution in [0.3, 0.4) is 0 Å². The van der Waals surface area contributed by atoms with E-state index in [9.17, 15) is 38.4 Å². The van der Waals surface area contributed by atoms with Crippen molar-refractivity contribution in [2.45, 2.75) is 77.0 Å². The van der Waals surface area contributed by atoms with Gasteiger partial charge in [-0.05, 0) is 37.3 Å². The summed E-state index contributed by atoms with van der Waals surface area (Å²) in [5, 5.41) is 14.7. The van der Waals surface area contributed by atoms with Crippen molar-refractivity contribution in [2.24, 2.45) is 0 Å². The number of aliphatic carboxylic acids is 1. The Hall–Kier alpha value is -2.86. The van der Waals surface area contributed by atoms with E-state index < -0.39 is 20.4 Å². The summed E-state index contributed by atoms with van der Waals surface area (Å²) in [7, 11) is 15.7. The molecule has 1 amide bonds. The van der Waals surface area contributed by atoms with Crippen LogP contribution in [0.4, 0.5) is 0 Å². The van der Waals surface area contributed by atoms with Gasteiger partial charge in [-0.15, -0.1) is 0 Å². The SMILES string of the molecule is CO.COC(=O)CCCC(=O)Cl.COC(=O)CCCC(=O)N(C)C.COC(=O)CCCC(=O)O.O=C1CCCC(=O)O1.O=S(Cl)Cl. The topological polar surface area (TPSA) is 234 Å². The van der Waals surface area contributed by atoms with E-state index in [1.807, 2.05) is 0 Å². The molecule has 20 heteroatoms. The van der Waals surface area contributed by atoms with Crippen LogP contribution < -0.4 is 0 Å². The number of carboxylic acid groups (broad SMARTS) is 1. The Morgan fingerprint density at radius 1 is 0.739 bits per heavy atom. The molecule has 1 heterocycles. The molecule has 1 fully saturated rings. The van der Waals surface area contributed by atoms with Crippen molar-refractivity contribution >= 4 is 89.2 Å². The quantitative estimate of drug-likeness (QED) is 0.126. The minimum Gasteiger partial charge on any atom is -0.481 e. The molecule has 0 aromatic heterocycles. The molecule has 0 saturated carbocycles. The van der Waals surface area contributed by atoms with Gasteiger partial charge in [0.15, 0.2) is 0 Å². The second-order valence-electron chi connectivity index (χ2n) is 8.21. The zero-order valence-electron chi connectivity index (χ0n) is 26.7. The fourth-order valence-electron chi connectivity index (χ4n) is 2.28. The fraction of sp³-hybridized carbons (Fsp3) is 0.692. The molecule has 0 atom stereocenters. The lowest BCUT2D eigenvalue weighted by atomic mass is 10.2. The summed E-state index contributed by atoms with van der Waals surface area (Å²) in [6, 6.07) is 0. The van der Waals surface area contributed by atoms with Gasteiger partial charge in [0.1, 0.15) is 0 Å². The predicted octanol–water partition coefficient (Wildman–Crippen LogP) is 2.82.